The second-order valence-electron chi connectivity index (χ2n) is 4.47. The van der Waals surface area contributed by atoms with Gasteiger partial charge >= 0.3 is 0 Å². The van der Waals surface area contributed by atoms with Crippen molar-refractivity contribution in [1.82, 2.24) is 9.97 Å². The summed E-state index contributed by atoms with van der Waals surface area (Å²) >= 11 is 3.37. The van der Waals surface area contributed by atoms with Crippen molar-refractivity contribution < 1.29 is 4.39 Å². The number of halogens is 2. The molecule has 0 amide bonds. The van der Waals surface area contributed by atoms with Gasteiger partial charge in [-0.25, -0.2) is 4.39 Å². The first kappa shape index (κ1) is 13.1. The second-order valence-corrected chi connectivity index (χ2v) is 5.38. The minimum atomic E-state index is -0.657. The largest absolute Gasteiger partial charge is 0.320 e. The Kier molecular flexibility index (Phi) is 3.73. The lowest BCUT2D eigenvalue weighted by molar-refractivity contribution is 0.472. The molecule has 0 radical (unpaired) electrons. The van der Waals surface area contributed by atoms with Crippen molar-refractivity contribution in [1.29, 1.82) is 0 Å². The lowest BCUT2D eigenvalue weighted by atomic mass is 9.91. The van der Waals surface area contributed by atoms with E-state index in [9.17, 15) is 4.39 Å². The van der Waals surface area contributed by atoms with Crippen LogP contribution in [-0.2, 0) is 12.0 Å². The highest BCUT2D eigenvalue weighted by Gasteiger charge is 2.23. The molecular formula is C13H13BrFN3. The van der Waals surface area contributed by atoms with Gasteiger partial charge < -0.3 is 5.73 Å². The summed E-state index contributed by atoms with van der Waals surface area (Å²) in [7, 11) is 0. The number of hydrogen-bond donors (Lipinski definition) is 1. The van der Waals surface area contributed by atoms with Gasteiger partial charge in [-0.15, -0.1) is 0 Å². The van der Waals surface area contributed by atoms with Crippen molar-refractivity contribution in [2.75, 3.05) is 0 Å². The SMILES string of the molecule is CC(N)(Cc1cncc(Br)c1)c1ccc(F)cn1. The maximum Gasteiger partial charge on any atom is 0.141 e. The van der Waals surface area contributed by atoms with Crippen molar-refractivity contribution in [3.8, 4) is 0 Å². The molecular weight excluding hydrogens is 297 g/mol. The van der Waals surface area contributed by atoms with Gasteiger partial charge in [-0.3, -0.25) is 9.97 Å². The molecule has 1 atom stereocenters. The zero-order valence-corrected chi connectivity index (χ0v) is 11.5. The highest BCUT2D eigenvalue weighted by atomic mass is 79.9. The third kappa shape index (κ3) is 3.11. The Morgan fingerprint density at radius 2 is 2.11 bits per heavy atom. The zero-order chi connectivity index (χ0) is 13.2. The molecule has 0 saturated heterocycles. The van der Waals surface area contributed by atoms with Crippen molar-refractivity contribution in [3.63, 3.8) is 0 Å². The molecule has 0 aliphatic carbocycles. The Morgan fingerprint density at radius 1 is 1.33 bits per heavy atom. The molecule has 0 aliphatic rings. The Hall–Kier alpha value is -1.33. The molecule has 2 rings (SSSR count). The first-order valence-electron chi connectivity index (χ1n) is 5.48. The van der Waals surface area contributed by atoms with E-state index in [0.29, 0.717) is 12.1 Å². The fraction of sp³-hybridized carbons (Fsp3) is 0.231. The number of hydrogen-bond acceptors (Lipinski definition) is 3. The van der Waals surface area contributed by atoms with Crippen LogP contribution in [0.3, 0.4) is 0 Å². The molecule has 18 heavy (non-hydrogen) atoms. The normalized spacial score (nSPS) is 14.2. The van der Waals surface area contributed by atoms with Gasteiger partial charge in [-0.2, -0.15) is 0 Å². The Morgan fingerprint density at radius 3 is 2.72 bits per heavy atom. The van der Waals surface area contributed by atoms with Crippen LogP contribution in [0.1, 0.15) is 18.2 Å². The molecule has 0 aromatic carbocycles. The van der Waals surface area contributed by atoms with Crippen molar-refractivity contribution in [3.05, 3.63) is 58.3 Å². The molecule has 2 heterocycles. The van der Waals surface area contributed by atoms with Gasteiger partial charge in [0.15, 0.2) is 0 Å². The molecule has 1 unspecified atom stereocenters. The molecule has 2 aromatic rings. The van der Waals surface area contributed by atoms with E-state index in [2.05, 4.69) is 25.9 Å². The van der Waals surface area contributed by atoms with E-state index in [-0.39, 0.29) is 5.82 Å². The fourth-order valence-corrected chi connectivity index (χ4v) is 2.19. The van der Waals surface area contributed by atoms with Gasteiger partial charge in [-0.05, 0) is 53.0 Å². The molecule has 0 saturated carbocycles. The molecule has 0 spiro atoms. The molecule has 0 bridgehead atoms. The number of rotatable bonds is 3. The summed E-state index contributed by atoms with van der Waals surface area (Å²) in [6.45, 7) is 1.87. The zero-order valence-electron chi connectivity index (χ0n) is 9.90. The predicted octanol–water partition coefficient (Wildman–Crippen LogP) is 2.79. The lowest BCUT2D eigenvalue weighted by Gasteiger charge is -2.24. The summed E-state index contributed by atoms with van der Waals surface area (Å²) < 4.78 is 13.7. The number of pyridine rings is 2. The van der Waals surface area contributed by atoms with Crippen LogP contribution in [0.4, 0.5) is 4.39 Å². The third-order valence-corrected chi connectivity index (χ3v) is 3.08. The average Bonchev–Trinajstić information content (AvgIpc) is 2.29. The topological polar surface area (TPSA) is 51.8 Å². The van der Waals surface area contributed by atoms with Crippen LogP contribution in [0, 0.1) is 5.82 Å². The standard InChI is InChI=1S/C13H13BrFN3/c1-13(16,12-3-2-11(15)8-18-12)5-9-4-10(14)7-17-6-9/h2-4,6-8H,5,16H2,1H3. The van der Waals surface area contributed by atoms with Crippen molar-refractivity contribution >= 4 is 15.9 Å². The van der Waals surface area contributed by atoms with Gasteiger partial charge in [0.05, 0.1) is 17.4 Å². The van der Waals surface area contributed by atoms with Crippen LogP contribution in [-0.4, -0.2) is 9.97 Å². The average molecular weight is 310 g/mol. The van der Waals surface area contributed by atoms with Crippen LogP contribution in [0.25, 0.3) is 0 Å². The molecule has 0 aliphatic heterocycles. The van der Waals surface area contributed by atoms with Crippen LogP contribution in [0.5, 0.6) is 0 Å². The maximum absolute atomic E-state index is 12.8. The first-order chi connectivity index (χ1) is 8.47. The van der Waals surface area contributed by atoms with E-state index in [1.165, 1.54) is 12.3 Å². The Labute approximate surface area is 113 Å². The maximum atomic E-state index is 12.8. The molecule has 2 N–H and O–H groups in total. The molecule has 0 fully saturated rings. The van der Waals surface area contributed by atoms with Crippen molar-refractivity contribution in [2.24, 2.45) is 5.73 Å². The fourth-order valence-electron chi connectivity index (χ4n) is 1.78. The molecule has 94 valence electrons. The highest BCUT2D eigenvalue weighted by Crippen LogP contribution is 2.22. The van der Waals surface area contributed by atoms with Gasteiger partial charge in [0.1, 0.15) is 5.82 Å². The smallest absolute Gasteiger partial charge is 0.141 e. The predicted molar refractivity (Wildman–Crippen MR) is 71.4 cm³/mol. The first-order valence-corrected chi connectivity index (χ1v) is 6.27. The van der Waals surface area contributed by atoms with E-state index >= 15 is 0 Å². The summed E-state index contributed by atoms with van der Waals surface area (Å²) in [5.74, 6) is -0.362. The van der Waals surface area contributed by atoms with Gasteiger partial charge in [-0.1, -0.05) is 0 Å². The number of nitrogens with two attached hydrogens (primary N) is 1. The van der Waals surface area contributed by atoms with E-state index in [4.69, 9.17) is 5.73 Å². The van der Waals surface area contributed by atoms with Crippen molar-refractivity contribution in [2.45, 2.75) is 18.9 Å². The van der Waals surface area contributed by atoms with Gasteiger partial charge in [0.25, 0.3) is 0 Å². The Balaban J connectivity index is 2.23. The highest BCUT2D eigenvalue weighted by molar-refractivity contribution is 9.10. The van der Waals surface area contributed by atoms with E-state index in [1.54, 1.807) is 18.5 Å². The summed E-state index contributed by atoms with van der Waals surface area (Å²) in [6.07, 6.45) is 5.24. The molecule has 3 nitrogen and oxygen atoms in total. The minimum absolute atomic E-state index is 0.362. The number of nitrogens with zero attached hydrogens (tertiary/aromatic N) is 2. The van der Waals surface area contributed by atoms with Gasteiger partial charge in [0, 0.05) is 16.9 Å². The van der Waals surface area contributed by atoms with Crippen LogP contribution in [0.2, 0.25) is 0 Å². The van der Waals surface area contributed by atoms with Crippen LogP contribution in [0.15, 0.2) is 41.3 Å². The molecule has 2 aromatic heterocycles. The molecule has 5 heteroatoms. The summed E-state index contributed by atoms with van der Waals surface area (Å²) in [5, 5.41) is 0. The van der Waals surface area contributed by atoms with E-state index in [1.807, 2.05) is 13.0 Å². The minimum Gasteiger partial charge on any atom is -0.320 e. The monoisotopic (exact) mass is 309 g/mol. The van der Waals surface area contributed by atoms with Crippen LogP contribution >= 0.6 is 15.9 Å². The van der Waals surface area contributed by atoms with E-state index < -0.39 is 5.54 Å². The summed E-state index contributed by atoms with van der Waals surface area (Å²) in [5.41, 5.74) is 7.24. The number of aromatic nitrogens is 2. The quantitative estimate of drug-likeness (QED) is 0.948. The Bertz CT molecular complexity index is 540. The summed E-state index contributed by atoms with van der Waals surface area (Å²) in [4.78, 5) is 8.13. The second kappa shape index (κ2) is 5.12. The van der Waals surface area contributed by atoms with Gasteiger partial charge in [0.2, 0.25) is 0 Å². The van der Waals surface area contributed by atoms with E-state index in [0.717, 1.165) is 10.0 Å². The third-order valence-electron chi connectivity index (χ3n) is 2.65. The lowest BCUT2D eigenvalue weighted by Crippen LogP contribution is -2.36. The van der Waals surface area contributed by atoms with Crippen LogP contribution < -0.4 is 5.73 Å². The summed E-state index contributed by atoms with van der Waals surface area (Å²) in [6, 6.07) is 4.94.